The van der Waals surface area contributed by atoms with Gasteiger partial charge in [-0.15, -0.1) is 0 Å². The van der Waals surface area contributed by atoms with Crippen LogP contribution in [0.25, 0.3) is 0 Å². The Labute approximate surface area is 127 Å². The van der Waals surface area contributed by atoms with E-state index in [4.69, 9.17) is 0 Å². The Kier molecular flexibility index (Phi) is 5.57. The second-order valence-corrected chi connectivity index (χ2v) is 6.55. The van der Waals surface area contributed by atoms with Crippen LogP contribution in [-0.4, -0.2) is 16.0 Å². The molecule has 21 heavy (non-hydrogen) atoms. The summed E-state index contributed by atoms with van der Waals surface area (Å²) in [5.41, 5.74) is 1.63. The monoisotopic (exact) mass is 291 g/mol. The van der Waals surface area contributed by atoms with Crippen LogP contribution >= 0.6 is 0 Å². The summed E-state index contributed by atoms with van der Waals surface area (Å²) in [7, 11) is 0. The van der Waals surface area contributed by atoms with Gasteiger partial charge < -0.3 is 10.3 Å². The highest BCUT2D eigenvalue weighted by Gasteiger charge is 2.23. The zero-order chi connectivity index (χ0) is 15.4. The lowest BCUT2D eigenvalue weighted by Crippen LogP contribution is -2.37. The minimum absolute atomic E-state index is 0.000307. The molecule has 0 aromatic carbocycles. The molecule has 0 saturated heterocycles. The summed E-state index contributed by atoms with van der Waals surface area (Å²) in [5, 5.41) is 3.64. The Bertz CT molecular complexity index is 515. The average Bonchev–Trinajstić information content (AvgIpc) is 2.40. The van der Waals surface area contributed by atoms with Gasteiger partial charge in [0.15, 0.2) is 0 Å². The summed E-state index contributed by atoms with van der Waals surface area (Å²) in [6.07, 6.45) is 7.75. The predicted molar refractivity (Wildman–Crippen MR) is 86.5 cm³/mol. The van der Waals surface area contributed by atoms with E-state index in [0.29, 0.717) is 11.9 Å². The number of nitrogens with one attached hydrogen (secondary N) is 2. The number of rotatable bonds is 5. The molecule has 118 valence electrons. The molecule has 0 aliphatic heterocycles. The number of H-pyrrole nitrogens is 1. The third kappa shape index (κ3) is 4.16. The Morgan fingerprint density at radius 1 is 1.29 bits per heavy atom. The topological polar surface area (TPSA) is 57.8 Å². The number of aromatic amines is 1. The van der Waals surface area contributed by atoms with E-state index in [1.165, 1.54) is 38.5 Å². The number of hydrogen-bond donors (Lipinski definition) is 2. The van der Waals surface area contributed by atoms with Gasteiger partial charge in [0.05, 0.1) is 5.56 Å². The summed E-state index contributed by atoms with van der Waals surface area (Å²) in [6.45, 7) is 8.10. The third-order valence-corrected chi connectivity index (χ3v) is 4.73. The van der Waals surface area contributed by atoms with Gasteiger partial charge in [0, 0.05) is 17.8 Å². The zero-order valence-electron chi connectivity index (χ0n) is 13.8. The van der Waals surface area contributed by atoms with Gasteiger partial charge in [-0.2, -0.15) is 0 Å². The molecule has 0 spiro atoms. The molecule has 1 fully saturated rings. The van der Waals surface area contributed by atoms with Crippen molar-refractivity contribution in [1.29, 1.82) is 0 Å². The van der Waals surface area contributed by atoms with Gasteiger partial charge >= 0.3 is 0 Å². The van der Waals surface area contributed by atoms with Crippen molar-refractivity contribution in [3.8, 4) is 0 Å². The fourth-order valence-electron chi connectivity index (χ4n) is 3.71. The highest BCUT2D eigenvalue weighted by molar-refractivity contribution is 5.20. The molecule has 0 radical (unpaired) electrons. The number of nitrogens with zero attached hydrogens (tertiary/aromatic N) is 1. The van der Waals surface area contributed by atoms with Crippen LogP contribution in [0.5, 0.6) is 0 Å². The molecule has 1 aromatic rings. The smallest absolute Gasteiger partial charge is 0.255 e. The maximum absolute atomic E-state index is 12.1. The van der Waals surface area contributed by atoms with Crippen molar-refractivity contribution >= 4 is 0 Å². The molecule has 2 rings (SSSR count). The van der Waals surface area contributed by atoms with Crippen LogP contribution in [0.2, 0.25) is 0 Å². The first-order valence-corrected chi connectivity index (χ1v) is 8.34. The van der Waals surface area contributed by atoms with Crippen LogP contribution in [0, 0.1) is 19.8 Å². The molecule has 1 saturated carbocycles. The third-order valence-electron chi connectivity index (χ3n) is 4.73. The summed E-state index contributed by atoms with van der Waals surface area (Å²) < 4.78 is 0. The van der Waals surface area contributed by atoms with Gasteiger partial charge in [0.1, 0.15) is 5.82 Å². The maximum atomic E-state index is 12.1. The second-order valence-electron chi connectivity index (χ2n) is 6.55. The standard InChI is InChI=1S/C17H29N3O/c1-5-6-14-7-9-15(10-8-14)19-12(3)16-11(2)18-13(4)20-17(16)21/h12,14-15,19H,5-10H2,1-4H3,(H,18,20,21). The molecular weight excluding hydrogens is 262 g/mol. The molecule has 4 heteroatoms. The van der Waals surface area contributed by atoms with E-state index in [1.54, 1.807) is 0 Å². The molecule has 1 heterocycles. The Hall–Kier alpha value is -1.16. The second kappa shape index (κ2) is 7.21. The summed E-state index contributed by atoms with van der Waals surface area (Å²) in [4.78, 5) is 19.3. The van der Waals surface area contributed by atoms with Crippen LogP contribution < -0.4 is 10.9 Å². The van der Waals surface area contributed by atoms with Crippen molar-refractivity contribution in [3.05, 3.63) is 27.4 Å². The van der Waals surface area contributed by atoms with Crippen LogP contribution in [0.15, 0.2) is 4.79 Å². The Morgan fingerprint density at radius 3 is 2.52 bits per heavy atom. The van der Waals surface area contributed by atoms with E-state index in [-0.39, 0.29) is 11.6 Å². The maximum Gasteiger partial charge on any atom is 0.255 e. The molecule has 1 unspecified atom stereocenters. The van der Waals surface area contributed by atoms with Crippen molar-refractivity contribution < 1.29 is 0 Å². The van der Waals surface area contributed by atoms with Crippen molar-refractivity contribution in [2.75, 3.05) is 0 Å². The van der Waals surface area contributed by atoms with Gasteiger partial charge in [-0.05, 0) is 52.4 Å². The van der Waals surface area contributed by atoms with Crippen LogP contribution in [-0.2, 0) is 0 Å². The predicted octanol–water partition coefficient (Wildman–Crippen LogP) is 3.40. The SMILES string of the molecule is CCCC1CCC(NC(C)c2c(C)nc(C)[nH]c2=O)CC1. The molecule has 4 nitrogen and oxygen atoms in total. The lowest BCUT2D eigenvalue weighted by Gasteiger charge is -2.31. The molecule has 0 amide bonds. The summed E-state index contributed by atoms with van der Waals surface area (Å²) >= 11 is 0. The lowest BCUT2D eigenvalue weighted by atomic mass is 9.83. The highest BCUT2D eigenvalue weighted by atomic mass is 16.1. The molecule has 0 bridgehead atoms. The van der Waals surface area contributed by atoms with Crippen LogP contribution in [0.4, 0.5) is 0 Å². The highest BCUT2D eigenvalue weighted by Crippen LogP contribution is 2.28. The van der Waals surface area contributed by atoms with Crippen LogP contribution in [0.3, 0.4) is 0 Å². The Morgan fingerprint density at radius 2 is 1.95 bits per heavy atom. The quantitative estimate of drug-likeness (QED) is 0.874. The van der Waals surface area contributed by atoms with Gasteiger partial charge in [0.2, 0.25) is 0 Å². The largest absolute Gasteiger partial charge is 0.310 e. The summed E-state index contributed by atoms with van der Waals surface area (Å²) in [5.74, 6) is 1.60. The van der Waals surface area contributed by atoms with Gasteiger partial charge in [-0.1, -0.05) is 19.8 Å². The van der Waals surface area contributed by atoms with E-state index in [9.17, 15) is 4.79 Å². The van der Waals surface area contributed by atoms with Crippen LogP contribution in [0.1, 0.15) is 75.5 Å². The fourth-order valence-corrected chi connectivity index (χ4v) is 3.71. The zero-order valence-corrected chi connectivity index (χ0v) is 13.8. The first-order chi connectivity index (χ1) is 10.0. The number of aromatic nitrogens is 2. The summed E-state index contributed by atoms with van der Waals surface area (Å²) in [6, 6.07) is 0.600. The minimum atomic E-state index is -0.000307. The average molecular weight is 291 g/mol. The molecule has 2 N–H and O–H groups in total. The number of aryl methyl sites for hydroxylation is 2. The molecule has 1 aliphatic rings. The lowest BCUT2D eigenvalue weighted by molar-refractivity contribution is 0.266. The van der Waals surface area contributed by atoms with Gasteiger partial charge in [-0.25, -0.2) is 4.98 Å². The van der Waals surface area contributed by atoms with E-state index in [1.807, 2.05) is 13.8 Å². The Balaban J connectivity index is 1.97. The molecular formula is C17H29N3O. The van der Waals surface area contributed by atoms with Crippen molar-refractivity contribution in [1.82, 2.24) is 15.3 Å². The van der Waals surface area contributed by atoms with Crippen molar-refractivity contribution in [2.24, 2.45) is 5.92 Å². The molecule has 1 atom stereocenters. The van der Waals surface area contributed by atoms with E-state index < -0.39 is 0 Å². The van der Waals surface area contributed by atoms with Gasteiger partial charge in [-0.3, -0.25) is 4.79 Å². The van der Waals surface area contributed by atoms with Crippen molar-refractivity contribution in [3.63, 3.8) is 0 Å². The first-order valence-electron chi connectivity index (χ1n) is 8.34. The number of hydrogen-bond acceptors (Lipinski definition) is 3. The van der Waals surface area contributed by atoms with E-state index in [0.717, 1.165) is 17.2 Å². The molecule has 1 aliphatic carbocycles. The van der Waals surface area contributed by atoms with E-state index >= 15 is 0 Å². The normalized spacial score (nSPS) is 24.0. The minimum Gasteiger partial charge on any atom is -0.310 e. The fraction of sp³-hybridized carbons (Fsp3) is 0.765. The molecule has 1 aromatic heterocycles. The van der Waals surface area contributed by atoms with Crippen molar-refractivity contribution in [2.45, 2.75) is 78.3 Å². The van der Waals surface area contributed by atoms with E-state index in [2.05, 4.69) is 29.1 Å². The first kappa shape index (κ1) is 16.2. The van der Waals surface area contributed by atoms with Gasteiger partial charge in [0.25, 0.3) is 5.56 Å².